The van der Waals surface area contributed by atoms with Crippen LogP contribution in [0.2, 0.25) is 0 Å². The van der Waals surface area contributed by atoms with Gasteiger partial charge in [0.15, 0.2) is 0 Å². The Labute approximate surface area is 114 Å². The van der Waals surface area contributed by atoms with Gasteiger partial charge in [0.2, 0.25) is 5.91 Å². The van der Waals surface area contributed by atoms with Crippen LogP contribution in [0, 0.1) is 0 Å². The van der Waals surface area contributed by atoms with Crippen molar-refractivity contribution in [2.24, 2.45) is 0 Å². The van der Waals surface area contributed by atoms with Crippen LogP contribution in [-0.4, -0.2) is 31.7 Å². The van der Waals surface area contributed by atoms with E-state index in [2.05, 4.69) is 19.9 Å². The molecule has 1 amide bonds. The summed E-state index contributed by atoms with van der Waals surface area (Å²) < 4.78 is 5.73. The molecule has 19 heavy (non-hydrogen) atoms. The molecular weight excluding hydrogens is 242 g/mol. The summed E-state index contributed by atoms with van der Waals surface area (Å²) in [5.74, 6) is 0.920. The molecule has 1 aromatic carbocycles. The molecule has 0 bridgehead atoms. The van der Waals surface area contributed by atoms with Gasteiger partial charge < -0.3 is 4.74 Å². The van der Waals surface area contributed by atoms with Crippen LogP contribution in [0.1, 0.15) is 31.4 Å². The van der Waals surface area contributed by atoms with Gasteiger partial charge in [0.25, 0.3) is 0 Å². The zero-order chi connectivity index (χ0) is 14.0. The lowest BCUT2D eigenvalue weighted by atomic mass is 9.80. The third kappa shape index (κ3) is 2.73. The van der Waals surface area contributed by atoms with Gasteiger partial charge in [-0.05, 0) is 5.56 Å². The maximum absolute atomic E-state index is 12.0. The molecule has 1 heterocycles. The van der Waals surface area contributed by atoms with Crippen LogP contribution in [0.4, 0.5) is 0 Å². The molecule has 0 aliphatic carbocycles. The summed E-state index contributed by atoms with van der Waals surface area (Å²) in [5, 5.41) is 1.27. The van der Waals surface area contributed by atoms with Gasteiger partial charge in [0.05, 0.1) is 13.7 Å². The molecule has 4 heteroatoms. The number of hydrogen-bond donors (Lipinski definition) is 0. The normalized spacial score (nSPS) is 13.9. The highest BCUT2D eigenvalue weighted by molar-refractivity contribution is 5.76. The number of para-hydroxylation sites is 1. The van der Waals surface area contributed by atoms with Crippen LogP contribution in [0.25, 0.3) is 0 Å². The number of ether oxygens (including phenoxy) is 1. The summed E-state index contributed by atoms with van der Waals surface area (Å²) in [5.41, 5.74) is 2.05. The molecule has 0 unspecified atom stereocenters. The Kier molecular flexibility index (Phi) is 3.80. The molecule has 0 saturated heterocycles. The fourth-order valence-corrected chi connectivity index (χ4v) is 2.43. The Balaban J connectivity index is 2.25. The van der Waals surface area contributed by atoms with E-state index in [1.165, 1.54) is 17.7 Å². The highest BCUT2D eigenvalue weighted by Crippen LogP contribution is 2.39. The predicted molar refractivity (Wildman–Crippen MR) is 73.1 cm³/mol. The second-order valence-corrected chi connectivity index (χ2v) is 5.53. The van der Waals surface area contributed by atoms with Crippen LogP contribution in [0.15, 0.2) is 18.2 Å². The van der Waals surface area contributed by atoms with Crippen molar-refractivity contribution in [3.63, 3.8) is 0 Å². The number of nitrogens with zero attached hydrogens (tertiary/aromatic N) is 1. The lowest BCUT2D eigenvalue weighted by molar-refractivity contribution is -0.169. The van der Waals surface area contributed by atoms with E-state index in [-0.39, 0.29) is 11.3 Å². The molecule has 104 valence electrons. The highest BCUT2D eigenvalue weighted by atomic mass is 16.7. The number of benzene rings is 1. The number of hydrogen-bond acceptors (Lipinski definition) is 3. The standard InChI is InChI=1S/C15H21NO3/c1-15(2,10-13(17)16(3)18-4)12-7-5-6-11-8-9-19-14(11)12/h5-7H,8-10H2,1-4H3. The lowest BCUT2D eigenvalue weighted by Gasteiger charge is -2.28. The maximum Gasteiger partial charge on any atom is 0.246 e. The Morgan fingerprint density at radius 3 is 2.89 bits per heavy atom. The topological polar surface area (TPSA) is 38.8 Å². The van der Waals surface area contributed by atoms with Crippen molar-refractivity contribution in [1.82, 2.24) is 5.06 Å². The van der Waals surface area contributed by atoms with Crippen molar-refractivity contribution in [2.75, 3.05) is 20.8 Å². The van der Waals surface area contributed by atoms with Gasteiger partial charge in [-0.2, -0.15) is 0 Å². The average molecular weight is 263 g/mol. The molecule has 1 aliphatic heterocycles. The van der Waals surface area contributed by atoms with E-state index in [9.17, 15) is 4.79 Å². The minimum Gasteiger partial charge on any atom is -0.493 e. The van der Waals surface area contributed by atoms with Crippen molar-refractivity contribution in [3.05, 3.63) is 29.3 Å². The Hall–Kier alpha value is -1.55. The minimum absolute atomic E-state index is 0.0388. The van der Waals surface area contributed by atoms with Gasteiger partial charge in [-0.15, -0.1) is 0 Å². The van der Waals surface area contributed by atoms with E-state index in [0.717, 1.165) is 24.3 Å². The molecular formula is C15H21NO3. The third-order valence-corrected chi connectivity index (χ3v) is 3.66. The first-order valence-electron chi connectivity index (χ1n) is 6.51. The number of hydroxylamine groups is 2. The average Bonchev–Trinajstić information content (AvgIpc) is 2.84. The molecule has 2 rings (SSSR count). The Bertz CT molecular complexity index is 482. The molecule has 0 saturated carbocycles. The van der Waals surface area contributed by atoms with Gasteiger partial charge in [0, 0.05) is 30.9 Å². The van der Waals surface area contributed by atoms with E-state index in [4.69, 9.17) is 9.57 Å². The quantitative estimate of drug-likeness (QED) is 0.782. The lowest BCUT2D eigenvalue weighted by Crippen LogP contribution is -2.32. The molecule has 1 aliphatic rings. The largest absolute Gasteiger partial charge is 0.493 e. The molecule has 0 atom stereocenters. The van der Waals surface area contributed by atoms with Gasteiger partial charge in [-0.1, -0.05) is 32.0 Å². The zero-order valence-electron chi connectivity index (χ0n) is 12.0. The van der Waals surface area contributed by atoms with Crippen LogP contribution >= 0.6 is 0 Å². The molecule has 4 nitrogen and oxygen atoms in total. The van der Waals surface area contributed by atoms with Gasteiger partial charge in [0.1, 0.15) is 5.75 Å². The SMILES string of the molecule is CON(C)C(=O)CC(C)(C)c1cccc2c1OCC2. The Morgan fingerprint density at radius 1 is 1.47 bits per heavy atom. The monoisotopic (exact) mass is 263 g/mol. The molecule has 0 radical (unpaired) electrons. The molecule has 1 aromatic rings. The minimum atomic E-state index is -0.278. The first kappa shape index (κ1) is 13.9. The zero-order valence-corrected chi connectivity index (χ0v) is 12.0. The summed E-state index contributed by atoms with van der Waals surface area (Å²) in [4.78, 5) is 17.0. The smallest absolute Gasteiger partial charge is 0.246 e. The summed E-state index contributed by atoms with van der Waals surface area (Å²) in [6.45, 7) is 4.85. The maximum atomic E-state index is 12.0. The van der Waals surface area contributed by atoms with Gasteiger partial charge in [-0.3, -0.25) is 9.63 Å². The van der Waals surface area contributed by atoms with E-state index < -0.39 is 0 Å². The van der Waals surface area contributed by atoms with Gasteiger partial charge >= 0.3 is 0 Å². The summed E-state index contributed by atoms with van der Waals surface area (Å²) in [6.07, 6.45) is 1.34. The predicted octanol–water partition coefficient (Wildman–Crippen LogP) is 2.31. The fourth-order valence-electron chi connectivity index (χ4n) is 2.43. The van der Waals surface area contributed by atoms with E-state index >= 15 is 0 Å². The number of fused-ring (bicyclic) bond motifs is 1. The first-order chi connectivity index (χ1) is 8.95. The van der Waals surface area contributed by atoms with Gasteiger partial charge in [-0.25, -0.2) is 5.06 Å². The second-order valence-electron chi connectivity index (χ2n) is 5.53. The summed E-state index contributed by atoms with van der Waals surface area (Å²) in [7, 11) is 3.12. The Morgan fingerprint density at radius 2 is 2.21 bits per heavy atom. The molecule has 0 spiro atoms. The summed E-state index contributed by atoms with van der Waals surface area (Å²) in [6, 6.07) is 6.17. The third-order valence-electron chi connectivity index (χ3n) is 3.66. The first-order valence-corrected chi connectivity index (χ1v) is 6.51. The van der Waals surface area contributed by atoms with Crippen molar-refractivity contribution >= 4 is 5.91 Å². The number of amides is 1. The van der Waals surface area contributed by atoms with Crippen LogP contribution in [0.3, 0.4) is 0 Å². The molecule has 0 N–H and O–H groups in total. The molecule has 0 fully saturated rings. The number of carbonyl (C=O) groups excluding carboxylic acids is 1. The van der Waals surface area contributed by atoms with Crippen LogP contribution < -0.4 is 4.74 Å². The van der Waals surface area contributed by atoms with Crippen molar-refractivity contribution < 1.29 is 14.4 Å². The summed E-state index contributed by atoms with van der Waals surface area (Å²) >= 11 is 0. The van der Waals surface area contributed by atoms with E-state index in [0.29, 0.717) is 6.42 Å². The molecule has 0 aromatic heterocycles. The van der Waals surface area contributed by atoms with Crippen LogP contribution in [0.5, 0.6) is 5.75 Å². The number of rotatable bonds is 4. The van der Waals surface area contributed by atoms with Crippen LogP contribution in [-0.2, 0) is 21.5 Å². The van der Waals surface area contributed by atoms with E-state index in [1.807, 2.05) is 12.1 Å². The van der Waals surface area contributed by atoms with Crippen molar-refractivity contribution in [1.29, 1.82) is 0 Å². The van der Waals surface area contributed by atoms with E-state index in [1.54, 1.807) is 7.05 Å². The fraction of sp³-hybridized carbons (Fsp3) is 0.533. The van der Waals surface area contributed by atoms with Crippen molar-refractivity contribution in [3.8, 4) is 5.75 Å². The number of carbonyl (C=O) groups is 1. The van der Waals surface area contributed by atoms with Crippen molar-refractivity contribution in [2.45, 2.75) is 32.1 Å². The highest BCUT2D eigenvalue weighted by Gasteiger charge is 2.31. The second kappa shape index (κ2) is 5.21.